The number of hydrogen-bond acceptors (Lipinski definition) is 7. The molecule has 1 heterocycles. The molecule has 90 valence electrons. The second kappa shape index (κ2) is 5.71. The molecule has 5 atom stereocenters. The maximum absolute atomic E-state index is 9.47. The van der Waals surface area contributed by atoms with Gasteiger partial charge in [-0.2, -0.15) is 0 Å². The van der Waals surface area contributed by atoms with Gasteiger partial charge in [-0.05, 0) is 0 Å². The van der Waals surface area contributed by atoms with Crippen LogP contribution in [0.1, 0.15) is 0 Å². The first-order chi connectivity index (χ1) is 7.11. The zero-order chi connectivity index (χ0) is 11.4. The van der Waals surface area contributed by atoms with Crippen molar-refractivity contribution in [3.05, 3.63) is 0 Å². The molecule has 15 heavy (non-hydrogen) atoms. The molecule has 1 rings (SSSR count). The highest BCUT2D eigenvalue weighted by Crippen LogP contribution is 2.21. The van der Waals surface area contributed by atoms with Crippen molar-refractivity contribution in [3.8, 4) is 0 Å². The van der Waals surface area contributed by atoms with E-state index in [-0.39, 0.29) is 13.2 Å². The Labute approximate surface area is 87.0 Å². The van der Waals surface area contributed by atoms with E-state index in [4.69, 9.17) is 20.3 Å². The van der Waals surface area contributed by atoms with Crippen LogP contribution >= 0.6 is 0 Å². The summed E-state index contributed by atoms with van der Waals surface area (Å²) in [6, 6.07) is 0. The number of ether oxygens (including phenoxy) is 2. The SMILES string of the molecule is NCCO[C@@H]1O[C@H](CO)[C@@H](O)[C@H](O)[C@@H]1O. The van der Waals surface area contributed by atoms with Gasteiger partial charge in [-0.3, -0.25) is 0 Å². The first-order valence-electron chi connectivity index (χ1n) is 4.74. The van der Waals surface area contributed by atoms with Crippen molar-refractivity contribution in [2.45, 2.75) is 30.7 Å². The summed E-state index contributed by atoms with van der Waals surface area (Å²) in [5, 5.41) is 37.1. The summed E-state index contributed by atoms with van der Waals surface area (Å²) in [5.74, 6) is 0. The first kappa shape index (κ1) is 12.8. The third kappa shape index (κ3) is 2.85. The number of hydrogen-bond donors (Lipinski definition) is 5. The zero-order valence-electron chi connectivity index (χ0n) is 8.19. The fourth-order valence-corrected chi connectivity index (χ4v) is 1.39. The third-order valence-corrected chi connectivity index (χ3v) is 2.25. The molecule has 0 bridgehead atoms. The molecule has 6 N–H and O–H groups in total. The predicted octanol–water partition coefficient (Wildman–Crippen LogP) is -3.24. The maximum Gasteiger partial charge on any atom is 0.186 e. The smallest absolute Gasteiger partial charge is 0.186 e. The zero-order valence-corrected chi connectivity index (χ0v) is 8.19. The van der Waals surface area contributed by atoms with Gasteiger partial charge in [-0.15, -0.1) is 0 Å². The van der Waals surface area contributed by atoms with Crippen molar-refractivity contribution in [3.63, 3.8) is 0 Å². The van der Waals surface area contributed by atoms with E-state index in [1.54, 1.807) is 0 Å². The Bertz CT molecular complexity index is 190. The molecule has 0 radical (unpaired) electrons. The van der Waals surface area contributed by atoms with Crippen LogP contribution in [0.2, 0.25) is 0 Å². The Hall–Kier alpha value is -0.280. The van der Waals surface area contributed by atoms with E-state index in [0.29, 0.717) is 0 Å². The van der Waals surface area contributed by atoms with Gasteiger partial charge in [0.2, 0.25) is 0 Å². The van der Waals surface area contributed by atoms with Crippen molar-refractivity contribution in [1.82, 2.24) is 0 Å². The lowest BCUT2D eigenvalue weighted by atomic mass is 9.99. The third-order valence-electron chi connectivity index (χ3n) is 2.25. The van der Waals surface area contributed by atoms with Crippen LogP contribution in [-0.4, -0.2) is 70.9 Å². The number of aliphatic hydroxyl groups excluding tert-OH is 4. The van der Waals surface area contributed by atoms with Crippen LogP contribution in [-0.2, 0) is 9.47 Å². The summed E-state index contributed by atoms with van der Waals surface area (Å²) >= 11 is 0. The van der Waals surface area contributed by atoms with Crippen LogP contribution in [0.15, 0.2) is 0 Å². The molecule has 0 aromatic carbocycles. The second-order valence-corrected chi connectivity index (χ2v) is 3.36. The number of nitrogens with two attached hydrogens (primary N) is 1. The molecule has 1 fully saturated rings. The average molecular weight is 223 g/mol. The summed E-state index contributed by atoms with van der Waals surface area (Å²) in [6.07, 6.45) is -6.13. The Kier molecular flexibility index (Phi) is 4.87. The Morgan fingerprint density at radius 3 is 2.33 bits per heavy atom. The number of rotatable bonds is 4. The molecular weight excluding hydrogens is 206 g/mol. The highest BCUT2D eigenvalue weighted by Gasteiger charge is 2.43. The lowest BCUT2D eigenvalue weighted by molar-refractivity contribution is -0.300. The minimum absolute atomic E-state index is 0.155. The molecule has 0 saturated carbocycles. The lowest BCUT2D eigenvalue weighted by Crippen LogP contribution is -2.59. The highest BCUT2D eigenvalue weighted by molar-refractivity contribution is 4.88. The monoisotopic (exact) mass is 223 g/mol. The predicted molar refractivity (Wildman–Crippen MR) is 48.8 cm³/mol. The van der Waals surface area contributed by atoms with Crippen LogP contribution in [0.3, 0.4) is 0 Å². The molecule has 0 spiro atoms. The molecular formula is C8H17NO6. The largest absolute Gasteiger partial charge is 0.394 e. The van der Waals surface area contributed by atoms with Crippen LogP contribution in [0.25, 0.3) is 0 Å². The van der Waals surface area contributed by atoms with E-state index in [0.717, 1.165) is 0 Å². The summed E-state index contributed by atoms with van der Waals surface area (Å²) in [7, 11) is 0. The normalized spacial score (nSPS) is 41.8. The molecule has 7 heteroatoms. The molecule has 7 nitrogen and oxygen atoms in total. The van der Waals surface area contributed by atoms with Crippen molar-refractivity contribution >= 4 is 0 Å². The van der Waals surface area contributed by atoms with Crippen molar-refractivity contribution < 1.29 is 29.9 Å². The molecule has 0 aliphatic carbocycles. The van der Waals surface area contributed by atoms with Gasteiger partial charge in [0, 0.05) is 6.54 Å². The van der Waals surface area contributed by atoms with Crippen LogP contribution in [0, 0.1) is 0 Å². The van der Waals surface area contributed by atoms with Crippen molar-refractivity contribution in [2.24, 2.45) is 5.73 Å². The van der Waals surface area contributed by atoms with Gasteiger partial charge < -0.3 is 35.6 Å². The first-order valence-corrected chi connectivity index (χ1v) is 4.74. The number of aliphatic hydroxyl groups is 4. The van der Waals surface area contributed by atoms with E-state index in [2.05, 4.69) is 0 Å². The Balaban J connectivity index is 2.57. The highest BCUT2D eigenvalue weighted by atomic mass is 16.7. The minimum atomic E-state index is -1.40. The Morgan fingerprint density at radius 1 is 1.13 bits per heavy atom. The molecule has 0 unspecified atom stereocenters. The van der Waals surface area contributed by atoms with Gasteiger partial charge in [-0.25, -0.2) is 0 Å². The minimum Gasteiger partial charge on any atom is -0.394 e. The van der Waals surface area contributed by atoms with Gasteiger partial charge in [0.15, 0.2) is 6.29 Å². The second-order valence-electron chi connectivity index (χ2n) is 3.36. The molecule has 0 aromatic rings. The summed E-state index contributed by atoms with van der Waals surface area (Å²) in [4.78, 5) is 0. The van der Waals surface area contributed by atoms with E-state index < -0.39 is 37.3 Å². The topological polar surface area (TPSA) is 125 Å². The van der Waals surface area contributed by atoms with Gasteiger partial charge >= 0.3 is 0 Å². The van der Waals surface area contributed by atoms with E-state index in [9.17, 15) is 15.3 Å². The summed E-state index contributed by atoms with van der Waals surface area (Å²) in [6.45, 7) is -0.0643. The molecule has 1 saturated heterocycles. The molecule has 1 aliphatic rings. The van der Waals surface area contributed by atoms with Crippen molar-refractivity contribution in [2.75, 3.05) is 19.8 Å². The van der Waals surface area contributed by atoms with Crippen LogP contribution in [0.5, 0.6) is 0 Å². The van der Waals surface area contributed by atoms with Gasteiger partial charge in [-0.1, -0.05) is 0 Å². The van der Waals surface area contributed by atoms with E-state index in [1.165, 1.54) is 0 Å². The van der Waals surface area contributed by atoms with Crippen LogP contribution < -0.4 is 5.73 Å². The average Bonchev–Trinajstić information content (AvgIpc) is 2.25. The fourth-order valence-electron chi connectivity index (χ4n) is 1.39. The quantitative estimate of drug-likeness (QED) is 0.339. The molecule has 1 aliphatic heterocycles. The molecule has 0 aromatic heterocycles. The lowest BCUT2D eigenvalue weighted by Gasteiger charge is -2.39. The summed E-state index contributed by atoms with van der Waals surface area (Å²) in [5.41, 5.74) is 5.20. The standard InChI is InChI=1S/C8H17NO6/c9-1-2-14-8-7(13)6(12)5(11)4(3-10)15-8/h4-8,10-13H,1-3,9H2/t4-,5-,6+,7+,8-/m1/s1. The summed E-state index contributed by atoms with van der Waals surface area (Å²) < 4.78 is 10.1. The Morgan fingerprint density at radius 2 is 1.80 bits per heavy atom. The van der Waals surface area contributed by atoms with E-state index >= 15 is 0 Å². The van der Waals surface area contributed by atoms with Crippen LogP contribution in [0.4, 0.5) is 0 Å². The van der Waals surface area contributed by atoms with Gasteiger partial charge in [0.05, 0.1) is 13.2 Å². The van der Waals surface area contributed by atoms with Gasteiger partial charge in [0.1, 0.15) is 24.4 Å². The van der Waals surface area contributed by atoms with E-state index in [1.807, 2.05) is 0 Å². The van der Waals surface area contributed by atoms with Gasteiger partial charge in [0.25, 0.3) is 0 Å². The maximum atomic E-state index is 9.47. The van der Waals surface area contributed by atoms with Crippen molar-refractivity contribution in [1.29, 1.82) is 0 Å². The molecule has 0 amide bonds. The fraction of sp³-hybridized carbons (Fsp3) is 1.00.